The van der Waals surface area contributed by atoms with E-state index < -0.39 is 0 Å². The molecule has 0 saturated heterocycles. The van der Waals surface area contributed by atoms with Gasteiger partial charge < -0.3 is 11.1 Å². The molecule has 2 aromatic rings. The smallest absolute Gasteiger partial charge is 0.194 e. The lowest BCUT2D eigenvalue weighted by atomic mass is 10.1. The summed E-state index contributed by atoms with van der Waals surface area (Å²) in [5.74, 6) is 1.16. The molecule has 0 atom stereocenters. The predicted molar refractivity (Wildman–Crippen MR) is 113 cm³/mol. The van der Waals surface area contributed by atoms with Crippen molar-refractivity contribution in [3.63, 3.8) is 0 Å². The molecule has 0 bridgehead atoms. The molecule has 1 saturated carbocycles. The molecule has 0 spiro atoms. The maximum Gasteiger partial charge on any atom is 0.194 e. The van der Waals surface area contributed by atoms with Crippen molar-refractivity contribution in [1.82, 2.24) is 4.98 Å². The molecular formula is C18H23IN4S. The zero-order chi connectivity index (χ0) is 16.0. The van der Waals surface area contributed by atoms with Gasteiger partial charge in [0.25, 0.3) is 0 Å². The van der Waals surface area contributed by atoms with Gasteiger partial charge in [0.15, 0.2) is 5.96 Å². The SMILES string of the molecule is I.NC(=NCC1(Sc2ccccc2)CCCC1)Nc1ccccn1. The van der Waals surface area contributed by atoms with E-state index in [-0.39, 0.29) is 28.7 Å². The predicted octanol–water partition coefficient (Wildman–Crippen LogP) is 4.53. The second-order valence-electron chi connectivity index (χ2n) is 5.85. The summed E-state index contributed by atoms with van der Waals surface area (Å²) in [5.41, 5.74) is 6.03. The quantitative estimate of drug-likeness (QED) is 0.396. The van der Waals surface area contributed by atoms with Crippen LogP contribution in [0.3, 0.4) is 0 Å². The van der Waals surface area contributed by atoms with E-state index in [0.717, 1.165) is 12.4 Å². The Morgan fingerprint density at radius 2 is 1.83 bits per heavy atom. The van der Waals surface area contributed by atoms with E-state index in [4.69, 9.17) is 5.73 Å². The molecule has 1 aromatic carbocycles. The average Bonchev–Trinajstić information content (AvgIpc) is 3.04. The van der Waals surface area contributed by atoms with Crippen LogP contribution in [0.25, 0.3) is 0 Å². The molecule has 1 heterocycles. The van der Waals surface area contributed by atoms with Crippen molar-refractivity contribution in [2.24, 2.45) is 10.7 Å². The van der Waals surface area contributed by atoms with Gasteiger partial charge >= 0.3 is 0 Å². The molecule has 0 radical (unpaired) electrons. The van der Waals surface area contributed by atoms with E-state index >= 15 is 0 Å². The topological polar surface area (TPSA) is 63.3 Å². The Bertz CT molecular complexity index is 643. The van der Waals surface area contributed by atoms with Gasteiger partial charge in [-0.15, -0.1) is 35.7 Å². The molecule has 0 unspecified atom stereocenters. The summed E-state index contributed by atoms with van der Waals surface area (Å²) in [7, 11) is 0. The third kappa shape index (κ3) is 5.37. The summed E-state index contributed by atoms with van der Waals surface area (Å²) in [6.07, 6.45) is 6.64. The number of nitrogens with one attached hydrogen (secondary N) is 1. The molecule has 0 amide bonds. The van der Waals surface area contributed by atoms with Crippen molar-refractivity contribution in [1.29, 1.82) is 0 Å². The number of aliphatic imine (C=N–C) groups is 1. The molecule has 24 heavy (non-hydrogen) atoms. The Hall–Kier alpha value is -1.28. The second kappa shape index (κ2) is 9.27. The van der Waals surface area contributed by atoms with Crippen molar-refractivity contribution in [3.8, 4) is 0 Å². The van der Waals surface area contributed by atoms with E-state index in [1.165, 1.54) is 30.6 Å². The summed E-state index contributed by atoms with van der Waals surface area (Å²) < 4.78 is 0.164. The molecule has 3 rings (SSSR count). The number of pyridine rings is 1. The third-order valence-corrected chi connectivity index (χ3v) is 5.53. The lowest BCUT2D eigenvalue weighted by molar-refractivity contribution is 0.620. The van der Waals surface area contributed by atoms with Gasteiger partial charge in [0.1, 0.15) is 5.82 Å². The van der Waals surface area contributed by atoms with Crippen LogP contribution >= 0.6 is 35.7 Å². The van der Waals surface area contributed by atoms with Gasteiger partial charge in [-0.1, -0.05) is 37.1 Å². The molecule has 1 aromatic heterocycles. The van der Waals surface area contributed by atoms with Crippen LogP contribution in [0, 0.1) is 0 Å². The monoisotopic (exact) mass is 454 g/mol. The minimum Gasteiger partial charge on any atom is -0.370 e. The second-order valence-corrected chi connectivity index (χ2v) is 7.39. The fraction of sp³-hybridized carbons (Fsp3) is 0.333. The largest absolute Gasteiger partial charge is 0.370 e. The Morgan fingerprint density at radius 1 is 1.12 bits per heavy atom. The standard InChI is InChI=1S/C18H22N4S.HI/c19-17(22-16-10-4-7-13-20-16)21-14-18(11-5-6-12-18)23-15-8-2-1-3-9-15;/h1-4,7-10,13H,5-6,11-12,14H2,(H3,19,20,21,22);1H. The highest BCUT2D eigenvalue weighted by Gasteiger charge is 2.34. The first-order valence-corrected chi connectivity index (χ1v) is 8.80. The zero-order valence-corrected chi connectivity index (χ0v) is 16.7. The van der Waals surface area contributed by atoms with Gasteiger partial charge in [-0.3, -0.25) is 4.99 Å². The molecule has 3 N–H and O–H groups in total. The molecule has 128 valence electrons. The average molecular weight is 454 g/mol. The number of thioether (sulfide) groups is 1. The lowest BCUT2D eigenvalue weighted by Gasteiger charge is -2.26. The number of hydrogen-bond donors (Lipinski definition) is 2. The maximum absolute atomic E-state index is 6.03. The van der Waals surface area contributed by atoms with Crippen LogP contribution in [-0.2, 0) is 0 Å². The fourth-order valence-electron chi connectivity index (χ4n) is 2.89. The van der Waals surface area contributed by atoms with Crippen LogP contribution in [0.5, 0.6) is 0 Å². The van der Waals surface area contributed by atoms with Gasteiger partial charge in [0.2, 0.25) is 0 Å². The summed E-state index contributed by atoms with van der Waals surface area (Å²) in [6, 6.07) is 16.3. The number of nitrogens with two attached hydrogens (primary N) is 1. The first-order valence-electron chi connectivity index (χ1n) is 7.98. The fourth-order valence-corrected chi connectivity index (χ4v) is 4.30. The number of benzene rings is 1. The van der Waals surface area contributed by atoms with Crippen molar-refractivity contribution in [3.05, 3.63) is 54.7 Å². The Kier molecular flexibility index (Phi) is 7.36. The normalized spacial score (nSPS) is 16.4. The number of hydrogen-bond acceptors (Lipinski definition) is 3. The number of anilines is 1. The molecule has 1 aliphatic rings. The van der Waals surface area contributed by atoms with Gasteiger partial charge in [-0.05, 0) is 37.1 Å². The molecule has 6 heteroatoms. The minimum absolute atomic E-state index is 0. The van der Waals surface area contributed by atoms with Crippen LogP contribution in [0.4, 0.5) is 5.82 Å². The number of halogens is 1. The highest BCUT2D eigenvalue weighted by Crippen LogP contribution is 2.45. The lowest BCUT2D eigenvalue weighted by Crippen LogP contribution is -2.29. The summed E-state index contributed by atoms with van der Waals surface area (Å²) in [4.78, 5) is 10.1. The Balaban J connectivity index is 0.00000208. The minimum atomic E-state index is 0. The van der Waals surface area contributed by atoms with Crippen LogP contribution in [0.2, 0.25) is 0 Å². The Morgan fingerprint density at radius 3 is 2.50 bits per heavy atom. The first-order chi connectivity index (χ1) is 11.3. The Labute approximate surface area is 164 Å². The van der Waals surface area contributed by atoms with Crippen LogP contribution in [0.1, 0.15) is 25.7 Å². The molecule has 1 aliphatic carbocycles. The zero-order valence-electron chi connectivity index (χ0n) is 13.5. The van der Waals surface area contributed by atoms with Gasteiger partial charge in [-0.25, -0.2) is 4.98 Å². The number of guanidine groups is 1. The van der Waals surface area contributed by atoms with E-state index in [9.17, 15) is 0 Å². The summed E-state index contributed by atoms with van der Waals surface area (Å²) in [5, 5.41) is 3.05. The first kappa shape index (κ1) is 19.1. The van der Waals surface area contributed by atoms with E-state index in [1.807, 2.05) is 30.0 Å². The highest BCUT2D eigenvalue weighted by molar-refractivity contribution is 14.0. The molecule has 4 nitrogen and oxygen atoms in total. The number of nitrogens with zero attached hydrogens (tertiary/aromatic N) is 2. The van der Waals surface area contributed by atoms with Gasteiger partial charge in [-0.2, -0.15) is 0 Å². The molecule has 0 aliphatic heterocycles. The summed E-state index contributed by atoms with van der Waals surface area (Å²) in [6.45, 7) is 0.734. The van der Waals surface area contributed by atoms with Crippen molar-refractivity contribution < 1.29 is 0 Å². The van der Waals surface area contributed by atoms with Gasteiger partial charge in [0.05, 0.1) is 6.54 Å². The molecular weight excluding hydrogens is 431 g/mol. The highest BCUT2D eigenvalue weighted by atomic mass is 127. The van der Waals surface area contributed by atoms with Crippen molar-refractivity contribution in [2.75, 3.05) is 11.9 Å². The molecule has 1 fully saturated rings. The number of rotatable bonds is 5. The number of aromatic nitrogens is 1. The van der Waals surface area contributed by atoms with Crippen molar-refractivity contribution >= 4 is 47.5 Å². The van der Waals surface area contributed by atoms with Crippen LogP contribution in [0.15, 0.2) is 64.6 Å². The summed E-state index contributed by atoms with van der Waals surface area (Å²) >= 11 is 1.94. The van der Waals surface area contributed by atoms with Crippen molar-refractivity contribution in [2.45, 2.75) is 35.3 Å². The van der Waals surface area contributed by atoms with E-state index in [1.54, 1.807) is 6.20 Å². The van der Waals surface area contributed by atoms with E-state index in [2.05, 4.69) is 45.6 Å². The van der Waals surface area contributed by atoms with Crippen LogP contribution in [-0.4, -0.2) is 22.2 Å². The van der Waals surface area contributed by atoms with E-state index in [0.29, 0.717) is 5.96 Å². The van der Waals surface area contributed by atoms with Gasteiger partial charge in [0, 0.05) is 15.8 Å². The van der Waals surface area contributed by atoms with Crippen LogP contribution < -0.4 is 11.1 Å². The third-order valence-electron chi connectivity index (χ3n) is 4.05. The maximum atomic E-state index is 6.03.